The van der Waals surface area contributed by atoms with Gasteiger partial charge >= 0.3 is 0 Å². The molecule has 0 aromatic rings. The molecule has 0 aliphatic heterocycles. The highest BCUT2D eigenvalue weighted by Crippen LogP contribution is 2.43. The Balaban J connectivity index is 4.80. The van der Waals surface area contributed by atoms with Gasteiger partial charge in [0, 0.05) is 5.41 Å². The molecule has 0 amide bonds. The Bertz CT molecular complexity index is 163. The van der Waals surface area contributed by atoms with Crippen LogP contribution in [0.2, 0.25) is 0 Å². The second-order valence-electron chi connectivity index (χ2n) is 4.75. The first kappa shape index (κ1) is 10.6. The number of terminal acetylenes is 1. The molecule has 0 aromatic carbocycles. The van der Waals surface area contributed by atoms with E-state index in [0.29, 0.717) is 5.92 Å². The van der Waals surface area contributed by atoms with Crippen LogP contribution in [0.4, 0.5) is 0 Å². The molecule has 0 N–H and O–H groups in total. The smallest absolute Gasteiger partial charge is 0.0355 e. The SMILES string of the molecule is C#CC(C)(C(C)C)C(C)(C)C. The zero-order valence-electron chi connectivity index (χ0n) is 8.65. The Hall–Kier alpha value is -0.440. The van der Waals surface area contributed by atoms with Crippen LogP contribution in [0.3, 0.4) is 0 Å². The second kappa shape index (κ2) is 2.89. The summed E-state index contributed by atoms with van der Waals surface area (Å²) >= 11 is 0. The Labute approximate surface area is 71.4 Å². The molecule has 64 valence electrons. The fourth-order valence-corrected chi connectivity index (χ4v) is 1.25. The second-order valence-corrected chi connectivity index (χ2v) is 4.75. The molecule has 0 fully saturated rings. The van der Waals surface area contributed by atoms with E-state index in [4.69, 9.17) is 6.42 Å². The van der Waals surface area contributed by atoms with Gasteiger partial charge < -0.3 is 0 Å². The first-order chi connectivity index (χ1) is 4.75. The third-order valence-corrected chi connectivity index (χ3v) is 3.01. The lowest BCUT2D eigenvalue weighted by Crippen LogP contribution is -2.36. The Morgan fingerprint density at radius 3 is 1.45 bits per heavy atom. The van der Waals surface area contributed by atoms with Crippen molar-refractivity contribution in [3.63, 3.8) is 0 Å². The lowest BCUT2D eigenvalue weighted by atomic mass is 9.62. The van der Waals surface area contributed by atoms with Crippen molar-refractivity contribution in [2.45, 2.75) is 41.5 Å². The predicted octanol–water partition coefficient (Wildman–Crippen LogP) is 3.33. The Kier molecular flexibility index (Phi) is 2.78. The zero-order valence-corrected chi connectivity index (χ0v) is 8.65. The van der Waals surface area contributed by atoms with Crippen LogP contribution in [0.15, 0.2) is 0 Å². The molecule has 0 heteroatoms. The van der Waals surface area contributed by atoms with Gasteiger partial charge in [0.05, 0.1) is 0 Å². The normalized spacial score (nSPS) is 17.6. The van der Waals surface area contributed by atoms with Crippen LogP contribution < -0.4 is 0 Å². The predicted molar refractivity (Wildman–Crippen MR) is 51.2 cm³/mol. The van der Waals surface area contributed by atoms with Crippen molar-refractivity contribution in [3.05, 3.63) is 0 Å². The minimum atomic E-state index is 0.00694. The number of rotatable bonds is 1. The highest BCUT2D eigenvalue weighted by molar-refractivity contribution is 5.10. The molecule has 0 nitrogen and oxygen atoms in total. The van der Waals surface area contributed by atoms with Crippen LogP contribution in [0.1, 0.15) is 41.5 Å². The lowest BCUT2D eigenvalue weighted by Gasteiger charge is -2.41. The Morgan fingerprint density at radius 2 is 1.45 bits per heavy atom. The van der Waals surface area contributed by atoms with E-state index in [-0.39, 0.29) is 10.8 Å². The van der Waals surface area contributed by atoms with Crippen LogP contribution in [0.25, 0.3) is 0 Å². The van der Waals surface area contributed by atoms with Crippen molar-refractivity contribution in [2.24, 2.45) is 16.7 Å². The number of hydrogen-bond acceptors (Lipinski definition) is 0. The van der Waals surface area contributed by atoms with Crippen LogP contribution in [0, 0.1) is 29.1 Å². The van der Waals surface area contributed by atoms with Gasteiger partial charge in [-0.2, -0.15) is 0 Å². The van der Waals surface area contributed by atoms with Gasteiger partial charge in [0.2, 0.25) is 0 Å². The molecule has 0 radical (unpaired) electrons. The largest absolute Gasteiger partial charge is 0.119 e. The molecular weight excluding hydrogens is 132 g/mol. The third kappa shape index (κ3) is 1.77. The third-order valence-electron chi connectivity index (χ3n) is 3.01. The van der Waals surface area contributed by atoms with Gasteiger partial charge in [-0.25, -0.2) is 0 Å². The van der Waals surface area contributed by atoms with Crippen molar-refractivity contribution in [1.82, 2.24) is 0 Å². The molecule has 0 saturated carbocycles. The summed E-state index contributed by atoms with van der Waals surface area (Å²) in [4.78, 5) is 0. The molecule has 0 bridgehead atoms. The topological polar surface area (TPSA) is 0 Å². The average molecular weight is 152 g/mol. The molecule has 0 aliphatic rings. The van der Waals surface area contributed by atoms with Crippen molar-refractivity contribution in [3.8, 4) is 12.3 Å². The van der Waals surface area contributed by atoms with Gasteiger partial charge in [-0.3, -0.25) is 0 Å². The van der Waals surface area contributed by atoms with E-state index >= 15 is 0 Å². The Morgan fingerprint density at radius 1 is 1.09 bits per heavy atom. The standard InChI is InChI=1S/C11H20/c1-8-11(7,9(2)3)10(4,5)6/h1,9H,2-7H3. The summed E-state index contributed by atoms with van der Waals surface area (Å²) in [6, 6.07) is 0. The highest BCUT2D eigenvalue weighted by atomic mass is 14.4. The summed E-state index contributed by atoms with van der Waals surface area (Å²) in [6.07, 6.45) is 5.54. The van der Waals surface area contributed by atoms with Gasteiger partial charge in [-0.1, -0.05) is 40.5 Å². The fourth-order valence-electron chi connectivity index (χ4n) is 1.25. The highest BCUT2D eigenvalue weighted by Gasteiger charge is 2.38. The van der Waals surface area contributed by atoms with Gasteiger partial charge in [-0.15, -0.1) is 6.42 Å². The van der Waals surface area contributed by atoms with Gasteiger partial charge in [-0.05, 0) is 18.3 Å². The minimum absolute atomic E-state index is 0.00694. The van der Waals surface area contributed by atoms with Crippen LogP contribution in [-0.4, -0.2) is 0 Å². The molecule has 0 rings (SSSR count). The molecule has 11 heavy (non-hydrogen) atoms. The molecular formula is C11H20. The summed E-state index contributed by atoms with van der Waals surface area (Å²) in [5, 5.41) is 0. The van der Waals surface area contributed by atoms with Crippen molar-refractivity contribution in [2.75, 3.05) is 0 Å². The van der Waals surface area contributed by atoms with E-state index in [2.05, 4.69) is 47.5 Å². The van der Waals surface area contributed by atoms with Crippen LogP contribution in [0.5, 0.6) is 0 Å². The zero-order chi connectivity index (χ0) is 9.28. The van der Waals surface area contributed by atoms with Crippen LogP contribution in [-0.2, 0) is 0 Å². The van der Waals surface area contributed by atoms with Gasteiger partial charge in [0.25, 0.3) is 0 Å². The van der Waals surface area contributed by atoms with E-state index in [0.717, 1.165) is 0 Å². The summed E-state index contributed by atoms with van der Waals surface area (Å²) in [5.74, 6) is 3.45. The fraction of sp³-hybridized carbons (Fsp3) is 0.818. The monoisotopic (exact) mass is 152 g/mol. The molecule has 1 unspecified atom stereocenters. The maximum absolute atomic E-state index is 5.54. The van der Waals surface area contributed by atoms with E-state index in [1.54, 1.807) is 0 Å². The number of hydrogen-bond donors (Lipinski definition) is 0. The van der Waals surface area contributed by atoms with Crippen molar-refractivity contribution < 1.29 is 0 Å². The average Bonchev–Trinajstić information content (AvgIpc) is 1.83. The molecule has 0 aliphatic carbocycles. The minimum Gasteiger partial charge on any atom is -0.119 e. The van der Waals surface area contributed by atoms with Crippen LogP contribution >= 0.6 is 0 Å². The summed E-state index contributed by atoms with van der Waals surface area (Å²) in [7, 11) is 0. The van der Waals surface area contributed by atoms with Gasteiger partial charge in [0.1, 0.15) is 0 Å². The molecule has 0 spiro atoms. The lowest BCUT2D eigenvalue weighted by molar-refractivity contribution is 0.120. The maximum atomic E-state index is 5.54. The first-order valence-corrected chi connectivity index (χ1v) is 4.23. The molecule has 0 aromatic heterocycles. The molecule has 1 atom stereocenters. The van der Waals surface area contributed by atoms with Crippen molar-refractivity contribution in [1.29, 1.82) is 0 Å². The summed E-state index contributed by atoms with van der Waals surface area (Å²) in [5.41, 5.74) is 0.197. The summed E-state index contributed by atoms with van der Waals surface area (Å²) < 4.78 is 0. The van der Waals surface area contributed by atoms with Gasteiger partial charge in [0.15, 0.2) is 0 Å². The quantitative estimate of drug-likeness (QED) is 0.506. The van der Waals surface area contributed by atoms with Crippen molar-refractivity contribution >= 4 is 0 Å². The van der Waals surface area contributed by atoms with E-state index < -0.39 is 0 Å². The van der Waals surface area contributed by atoms with E-state index in [1.165, 1.54) is 0 Å². The summed E-state index contributed by atoms with van der Waals surface area (Å²) in [6.45, 7) is 13.1. The van der Waals surface area contributed by atoms with E-state index in [9.17, 15) is 0 Å². The first-order valence-electron chi connectivity index (χ1n) is 4.23. The molecule has 0 saturated heterocycles. The maximum Gasteiger partial charge on any atom is 0.0355 e. The van der Waals surface area contributed by atoms with E-state index in [1.807, 2.05) is 0 Å². The molecule has 0 heterocycles.